The molecule has 1 aromatic heterocycles. The van der Waals surface area contributed by atoms with Crippen molar-refractivity contribution in [2.45, 2.75) is 72.8 Å². The predicted octanol–water partition coefficient (Wildman–Crippen LogP) is 5.40. The highest BCUT2D eigenvalue weighted by Gasteiger charge is 2.24. The summed E-state index contributed by atoms with van der Waals surface area (Å²) in [5.74, 6) is 0.586. The summed E-state index contributed by atoms with van der Waals surface area (Å²) in [6, 6.07) is 9.71. The molecule has 35 heavy (non-hydrogen) atoms. The van der Waals surface area contributed by atoms with Gasteiger partial charge in [0.15, 0.2) is 0 Å². The van der Waals surface area contributed by atoms with E-state index in [9.17, 15) is 10.1 Å². The number of carbonyl (C=O) groups excluding carboxylic acids is 1. The Labute approximate surface area is 209 Å². The molecule has 2 aromatic rings. The first kappa shape index (κ1) is 26.2. The molecule has 0 spiro atoms. The molecule has 1 amide bonds. The molecule has 2 heterocycles. The molecule has 186 valence electrons. The summed E-state index contributed by atoms with van der Waals surface area (Å²) in [6.07, 6.45) is 6.82. The zero-order valence-electron chi connectivity index (χ0n) is 21.9. The van der Waals surface area contributed by atoms with Gasteiger partial charge in [-0.05, 0) is 82.4 Å². The van der Waals surface area contributed by atoms with E-state index in [1.54, 1.807) is 12.1 Å². The number of allylic oxidation sites excluding steroid dienone is 4. The number of hydrazine groups is 1. The van der Waals surface area contributed by atoms with Crippen LogP contribution in [0.1, 0.15) is 81.5 Å². The topological polar surface area (TPSA) is 86.0 Å². The monoisotopic (exact) mass is 474 g/mol. The minimum Gasteiger partial charge on any atom is -0.348 e. The number of nitrogens with one attached hydrogen (secondary N) is 2. The van der Waals surface area contributed by atoms with Crippen LogP contribution in [0.25, 0.3) is 17.1 Å². The van der Waals surface area contributed by atoms with Crippen LogP contribution in [0.15, 0.2) is 41.6 Å². The van der Waals surface area contributed by atoms with Crippen LogP contribution in [0.5, 0.6) is 0 Å². The Balaban J connectivity index is 2.16. The molecule has 0 fully saturated rings. The number of benzene rings is 1. The van der Waals surface area contributed by atoms with Crippen molar-refractivity contribution in [1.82, 2.24) is 25.3 Å². The third-order valence-electron chi connectivity index (χ3n) is 6.76. The lowest BCUT2D eigenvalue weighted by Crippen LogP contribution is -2.34. The Hall–Kier alpha value is -3.37. The van der Waals surface area contributed by atoms with E-state index in [0.29, 0.717) is 11.3 Å². The van der Waals surface area contributed by atoms with Gasteiger partial charge in [-0.25, -0.2) is 10.4 Å². The van der Waals surface area contributed by atoms with Gasteiger partial charge in [-0.1, -0.05) is 20.3 Å². The van der Waals surface area contributed by atoms with Crippen molar-refractivity contribution >= 4 is 11.6 Å². The van der Waals surface area contributed by atoms with Gasteiger partial charge in [0.25, 0.3) is 5.91 Å². The summed E-state index contributed by atoms with van der Waals surface area (Å²) in [7, 11) is 2.03. The maximum atomic E-state index is 13.4. The van der Waals surface area contributed by atoms with Crippen LogP contribution in [0.2, 0.25) is 0 Å². The van der Waals surface area contributed by atoms with Crippen LogP contribution < -0.4 is 10.7 Å². The fraction of sp³-hybridized carbons (Fsp3) is 0.464. The van der Waals surface area contributed by atoms with Crippen LogP contribution in [0.3, 0.4) is 0 Å². The van der Waals surface area contributed by atoms with Crippen LogP contribution >= 0.6 is 0 Å². The largest absolute Gasteiger partial charge is 0.348 e. The summed E-state index contributed by atoms with van der Waals surface area (Å²) in [6.45, 7) is 11.3. The maximum Gasteiger partial charge on any atom is 0.272 e. The van der Waals surface area contributed by atoms with Crippen molar-refractivity contribution in [3.63, 3.8) is 0 Å². The maximum absolute atomic E-state index is 13.4. The number of imidazole rings is 1. The van der Waals surface area contributed by atoms with Gasteiger partial charge in [0.2, 0.25) is 0 Å². The van der Waals surface area contributed by atoms with E-state index in [0.717, 1.165) is 72.7 Å². The van der Waals surface area contributed by atoms with E-state index in [1.807, 2.05) is 26.1 Å². The molecule has 2 N–H and O–H groups in total. The van der Waals surface area contributed by atoms with E-state index in [2.05, 4.69) is 60.2 Å². The minimum absolute atomic E-state index is 0.133. The second kappa shape index (κ2) is 11.9. The molecule has 3 rings (SSSR count). The molecular formula is C28H38N6O. The van der Waals surface area contributed by atoms with Gasteiger partial charge in [-0.2, -0.15) is 5.26 Å². The van der Waals surface area contributed by atoms with Crippen LogP contribution in [0, 0.1) is 18.3 Å². The van der Waals surface area contributed by atoms with Crippen molar-refractivity contribution in [3.8, 4) is 17.5 Å². The zero-order valence-corrected chi connectivity index (χ0v) is 21.9. The predicted molar refractivity (Wildman–Crippen MR) is 141 cm³/mol. The molecule has 0 aliphatic carbocycles. The molecule has 1 aliphatic heterocycles. The fourth-order valence-electron chi connectivity index (χ4n) is 4.44. The number of hydrogen-bond donors (Lipinski definition) is 2. The average molecular weight is 475 g/mol. The lowest BCUT2D eigenvalue weighted by molar-refractivity contribution is 0.0928. The van der Waals surface area contributed by atoms with Crippen molar-refractivity contribution < 1.29 is 4.79 Å². The number of carbonyl (C=O) groups is 1. The summed E-state index contributed by atoms with van der Waals surface area (Å²) in [5.41, 5.74) is 9.58. The number of amides is 1. The molecule has 1 atom stereocenters. The molecule has 0 saturated carbocycles. The van der Waals surface area contributed by atoms with Gasteiger partial charge >= 0.3 is 0 Å². The minimum atomic E-state index is -0.134. The van der Waals surface area contributed by atoms with Crippen molar-refractivity contribution in [3.05, 3.63) is 58.6 Å². The highest BCUT2D eigenvalue weighted by molar-refractivity contribution is 5.95. The molecule has 0 saturated heterocycles. The number of aromatic nitrogens is 2. The van der Waals surface area contributed by atoms with Gasteiger partial charge in [-0.15, -0.1) is 0 Å². The van der Waals surface area contributed by atoms with E-state index < -0.39 is 0 Å². The first-order chi connectivity index (χ1) is 16.8. The van der Waals surface area contributed by atoms with E-state index in [4.69, 9.17) is 4.98 Å². The first-order valence-corrected chi connectivity index (χ1v) is 12.6. The highest BCUT2D eigenvalue weighted by atomic mass is 16.2. The number of nitriles is 1. The van der Waals surface area contributed by atoms with E-state index >= 15 is 0 Å². The molecule has 1 aromatic carbocycles. The van der Waals surface area contributed by atoms with Crippen LogP contribution in [-0.4, -0.2) is 40.1 Å². The second-order valence-corrected chi connectivity index (χ2v) is 9.24. The lowest BCUT2D eigenvalue weighted by atomic mass is 10.1. The molecule has 1 unspecified atom stereocenters. The van der Waals surface area contributed by atoms with Gasteiger partial charge < -0.3 is 10.3 Å². The van der Waals surface area contributed by atoms with Gasteiger partial charge in [-0.3, -0.25) is 9.36 Å². The normalized spacial score (nSPS) is 19.1. The van der Waals surface area contributed by atoms with Crippen molar-refractivity contribution in [2.24, 2.45) is 0 Å². The fourth-order valence-corrected chi connectivity index (χ4v) is 4.44. The Morgan fingerprint density at radius 1 is 1.23 bits per heavy atom. The average Bonchev–Trinajstić information content (AvgIpc) is 3.23. The quantitative estimate of drug-likeness (QED) is 0.561. The number of hydrogen-bond acceptors (Lipinski definition) is 5. The highest BCUT2D eigenvalue weighted by Crippen LogP contribution is 2.30. The van der Waals surface area contributed by atoms with Crippen molar-refractivity contribution in [2.75, 3.05) is 13.6 Å². The third-order valence-corrected chi connectivity index (χ3v) is 6.76. The molecule has 7 heteroatoms. The van der Waals surface area contributed by atoms with Crippen LogP contribution in [-0.2, 0) is 0 Å². The Bertz CT molecular complexity index is 1150. The van der Waals surface area contributed by atoms with Gasteiger partial charge in [0.1, 0.15) is 11.5 Å². The first-order valence-electron chi connectivity index (χ1n) is 12.6. The number of rotatable bonds is 7. The molecule has 1 aliphatic rings. The Morgan fingerprint density at radius 2 is 1.94 bits per heavy atom. The molecule has 0 bridgehead atoms. The zero-order chi connectivity index (χ0) is 25.5. The second-order valence-electron chi connectivity index (χ2n) is 9.24. The third kappa shape index (κ3) is 6.01. The van der Waals surface area contributed by atoms with Crippen LogP contribution in [0.4, 0.5) is 0 Å². The standard InChI is InChI=1S/C28H38N6O/c1-7-10-24(8-2)31-28(35)26-21(5)34(27(32-26)23-14-12-22(18-29)13-15-23)25-11-9-16-30-33(6)20(4)19(3)17-25/h12-15,17,24,30H,7-11,16H2,1-6H3,(H,31,35)/b20-19+,25-17+. The summed E-state index contributed by atoms with van der Waals surface area (Å²) < 4.78 is 2.12. The molecule has 7 nitrogen and oxygen atoms in total. The smallest absolute Gasteiger partial charge is 0.272 e. The number of nitrogens with zero attached hydrogens (tertiary/aromatic N) is 4. The lowest BCUT2D eigenvalue weighted by Gasteiger charge is -2.21. The molecular weight excluding hydrogens is 436 g/mol. The Kier molecular flexibility index (Phi) is 8.89. The van der Waals surface area contributed by atoms with E-state index in [1.165, 1.54) is 0 Å². The van der Waals surface area contributed by atoms with E-state index in [-0.39, 0.29) is 11.9 Å². The van der Waals surface area contributed by atoms with Gasteiger partial charge in [0.05, 0.1) is 17.3 Å². The van der Waals surface area contributed by atoms with Crippen molar-refractivity contribution in [1.29, 1.82) is 5.26 Å². The summed E-state index contributed by atoms with van der Waals surface area (Å²) in [4.78, 5) is 18.2. The summed E-state index contributed by atoms with van der Waals surface area (Å²) in [5, 5.41) is 14.5. The SMILES string of the molecule is CCCC(CC)NC(=O)c1nc(-c2ccc(C#N)cc2)n(/C2=C/C(C)=C(\C)N(C)NCCC2)c1C. The molecule has 0 radical (unpaired) electrons. The summed E-state index contributed by atoms with van der Waals surface area (Å²) >= 11 is 0. The Morgan fingerprint density at radius 3 is 2.57 bits per heavy atom. The van der Waals surface area contributed by atoms with Gasteiger partial charge in [0, 0.05) is 36.6 Å².